The number of aryl methyl sites for hydroxylation is 1. The van der Waals surface area contributed by atoms with Gasteiger partial charge in [0.05, 0.1) is 16.5 Å². The molecule has 5 nitrogen and oxygen atoms in total. The number of H-pyrrole nitrogens is 1. The standard InChI is InChI=1S/C23H26ClN3O2/c24-18-10-8-17(9-11-18)23(29)12-15-27(16-13-23)14-4-3-7-21-25-20-6-2-1-5-19(20)22(28)26-21/h1-2,5-6,8-11,29H,3-4,7,12-16H2,(H,25,26,28). The molecule has 1 aliphatic rings. The Labute approximate surface area is 175 Å². The molecule has 1 saturated heterocycles. The van der Waals surface area contributed by atoms with E-state index in [-0.39, 0.29) is 5.56 Å². The molecule has 1 aromatic heterocycles. The van der Waals surface area contributed by atoms with Crippen LogP contribution in [-0.2, 0) is 12.0 Å². The lowest BCUT2D eigenvalue weighted by Crippen LogP contribution is -2.42. The number of halogens is 1. The smallest absolute Gasteiger partial charge is 0.258 e. The summed E-state index contributed by atoms with van der Waals surface area (Å²) in [4.78, 5) is 22.0. The van der Waals surface area contributed by atoms with Gasteiger partial charge in [-0.05, 0) is 62.1 Å². The average molecular weight is 412 g/mol. The molecule has 3 aromatic rings. The fourth-order valence-corrected chi connectivity index (χ4v) is 4.20. The van der Waals surface area contributed by atoms with Crippen LogP contribution in [-0.4, -0.2) is 39.6 Å². The highest BCUT2D eigenvalue weighted by molar-refractivity contribution is 6.30. The summed E-state index contributed by atoms with van der Waals surface area (Å²) >= 11 is 5.96. The van der Waals surface area contributed by atoms with Gasteiger partial charge in [0.25, 0.3) is 5.56 Å². The number of nitrogens with one attached hydrogen (secondary N) is 1. The fraction of sp³-hybridized carbons (Fsp3) is 0.391. The molecule has 2 heterocycles. The minimum atomic E-state index is -0.754. The normalized spacial score (nSPS) is 16.9. The Morgan fingerprint density at radius 1 is 1.07 bits per heavy atom. The van der Waals surface area contributed by atoms with Crippen molar-refractivity contribution in [1.29, 1.82) is 0 Å². The molecule has 29 heavy (non-hydrogen) atoms. The van der Waals surface area contributed by atoms with Crippen LogP contribution >= 0.6 is 11.6 Å². The van der Waals surface area contributed by atoms with Gasteiger partial charge in [-0.25, -0.2) is 4.98 Å². The third-order valence-corrected chi connectivity index (χ3v) is 6.12. The van der Waals surface area contributed by atoms with E-state index < -0.39 is 5.60 Å². The number of benzene rings is 2. The minimum absolute atomic E-state index is 0.0666. The first-order chi connectivity index (χ1) is 14.0. The largest absolute Gasteiger partial charge is 0.385 e. The number of aliphatic hydroxyl groups is 1. The van der Waals surface area contributed by atoms with E-state index in [1.54, 1.807) is 6.07 Å². The zero-order valence-electron chi connectivity index (χ0n) is 16.4. The SMILES string of the molecule is O=c1[nH]c(CCCCN2CCC(O)(c3ccc(Cl)cc3)CC2)nc2ccccc12. The zero-order chi connectivity index (χ0) is 20.3. The van der Waals surface area contributed by atoms with Gasteiger partial charge in [-0.1, -0.05) is 35.9 Å². The summed E-state index contributed by atoms with van der Waals surface area (Å²) in [7, 11) is 0. The van der Waals surface area contributed by atoms with Crippen molar-refractivity contribution in [2.45, 2.75) is 37.7 Å². The van der Waals surface area contributed by atoms with Crippen LogP contribution in [0.15, 0.2) is 53.3 Å². The number of aromatic nitrogens is 2. The van der Waals surface area contributed by atoms with Crippen LogP contribution in [0.2, 0.25) is 5.02 Å². The molecule has 0 radical (unpaired) electrons. The maximum Gasteiger partial charge on any atom is 0.258 e. The molecular weight excluding hydrogens is 386 g/mol. The Morgan fingerprint density at radius 2 is 1.79 bits per heavy atom. The first-order valence-corrected chi connectivity index (χ1v) is 10.6. The summed E-state index contributed by atoms with van der Waals surface area (Å²) in [6, 6.07) is 15.0. The first-order valence-electron chi connectivity index (χ1n) is 10.2. The number of hydrogen-bond acceptors (Lipinski definition) is 4. The molecule has 2 aromatic carbocycles. The second kappa shape index (κ2) is 8.66. The van der Waals surface area contributed by atoms with Crippen LogP contribution in [0.1, 0.15) is 37.1 Å². The zero-order valence-corrected chi connectivity index (χ0v) is 17.2. The molecule has 0 saturated carbocycles. The van der Waals surface area contributed by atoms with E-state index in [1.807, 2.05) is 42.5 Å². The Kier molecular flexibility index (Phi) is 5.99. The molecule has 0 atom stereocenters. The lowest BCUT2D eigenvalue weighted by molar-refractivity contribution is -0.0260. The van der Waals surface area contributed by atoms with Gasteiger partial charge < -0.3 is 15.0 Å². The molecule has 0 bridgehead atoms. The molecule has 6 heteroatoms. The fourth-order valence-electron chi connectivity index (χ4n) is 4.08. The average Bonchev–Trinajstić information content (AvgIpc) is 2.73. The number of fused-ring (bicyclic) bond motifs is 1. The molecule has 2 N–H and O–H groups in total. The van der Waals surface area contributed by atoms with Gasteiger partial charge in [0.2, 0.25) is 0 Å². The van der Waals surface area contributed by atoms with Crippen LogP contribution in [0.25, 0.3) is 10.9 Å². The third-order valence-electron chi connectivity index (χ3n) is 5.86. The van der Waals surface area contributed by atoms with Gasteiger partial charge >= 0.3 is 0 Å². The number of unbranched alkanes of at least 4 members (excludes halogenated alkanes) is 1. The number of para-hydroxylation sites is 1. The van der Waals surface area contributed by atoms with E-state index in [0.29, 0.717) is 10.4 Å². The van der Waals surface area contributed by atoms with Crippen molar-refractivity contribution in [3.63, 3.8) is 0 Å². The summed E-state index contributed by atoms with van der Waals surface area (Å²) in [5.41, 5.74) is 0.884. The van der Waals surface area contributed by atoms with Crippen molar-refractivity contribution >= 4 is 22.5 Å². The highest BCUT2D eigenvalue weighted by atomic mass is 35.5. The van der Waals surface area contributed by atoms with Crippen LogP contribution in [0, 0.1) is 0 Å². The topological polar surface area (TPSA) is 69.2 Å². The molecule has 0 unspecified atom stereocenters. The molecule has 4 rings (SSSR count). The first kappa shape index (κ1) is 20.1. The van der Waals surface area contributed by atoms with Crippen molar-refractivity contribution in [3.8, 4) is 0 Å². The van der Waals surface area contributed by atoms with Gasteiger partial charge in [0.15, 0.2) is 0 Å². The lowest BCUT2D eigenvalue weighted by atomic mass is 9.84. The molecule has 1 aliphatic heterocycles. The quantitative estimate of drug-likeness (QED) is 0.604. The molecule has 152 valence electrons. The summed E-state index contributed by atoms with van der Waals surface area (Å²) < 4.78 is 0. The number of piperidine rings is 1. The Balaban J connectivity index is 1.25. The van der Waals surface area contributed by atoms with Crippen LogP contribution in [0.5, 0.6) is 0 Å². The van der Waals surface area contributed by atoms with Crippen molar-refractivity contribution in [2.24, 2.45) is 0 Å². The molecule has 1 fully saturated rings. The number of likely N-dealkylation sites (tertiary alicyclic amines) is 1. The highest BCUT2D eigenvalue weighted by Gasteiger charge is 2.33. The number of aromatic amines is 1. The number of rotatable bonds is 6. The van der Waals surface area contributed by atoms with Gasteiger partial charge in [0.1, 0.15) is 5.82 Å². The van der Waals surface area contributed by atoms with Gasteiger partial charge in [-0.3, -0.25) is 4.79 Å². The number of nitrogens with zero attached hydrogens (tertiary/aromatic N) is 2. The van der Waals surface area contributed by atoms with Crippen molar-refractivity contribution in [1.82, 2.24) is 14.9 Å². The van der Waals surface area contributed by atoms with Gasteiger partial charge in [0, 0.05) is 24.5 Å². The van der Waals surface area contributed by atoms with Crippen molar-refractivity contribution in [3.05, 3.63) is 75.3 Å². The van der Waals surface area contributed by atoms with Crippen molar-refractivity contribution in [2.75, 3.05) is 19.6 Å². The third kappa shape index (κ3) is 4.69. The number of hydrogen-bond donors (Lipinski definition) is 2. The van der Waals surface area contributed by atoms with E-state index in [9.17, 15) is 9.90 Å². The maximum atomic E-state index is 12.1. The molecular formula is C23H26ClN3O2. The summed E-state index contributed by atoms with van der Waals surface area (Å²) in [5, 5.41) is 12.3. The van der Waals surface area contributed by atoms with E-state index >= 15 is 0 Å². The summed E-state index contributed by atoms with van der Waals surface area (Å²) in [6.07, 6.45) is 4.24. The second-order valence-electron chi connectivity index (χ2n) is 7.87. The lowest BCUT2D eigenvalue weighted by Gasteiger charge is -2.38. The summed E-state index contributed by atoms with van der Waals surface area (Å²) in [5.74, 6) is 0.754. The monoisotopic (exact) mass is 411 g/mol. The van der Waals surface area contributed by atoms with Crippen LogP contribution < -0.4 is 5.56 Å². The van der Waals surface area contributed by atoms with Crippen molar-refractivity contribution < 1.29 is 5.11 Å². The van der Waals surface area contributed by atoms with Gasteiger partial charge in [-0.15, -0.1) is 0 Å². The highest BCUT2D eigenvalue weighted by Crippen LogP contribution is 2.33. The van der Waals surface area contributed by atoms with Gasteiger partial charge in [-0.2, -0.15) is 0 Å². The van der Waals surface area contributed by atoms with Crippen LogP contribution in [0.3, 0.4) is 0 Å². The minimum Gasteiger partial charge on any atom is -0.385 e. The van der Waals surface area contributed by atoms with E-state index in [1.165, 1.54) is 0 Å². The predicted molar refractivity (Wildman–Crippen MR) is 116 cm³/mol. The van der Waals surface area contributed by atoms with E-state index in [2.05, 4.69) is 14.9 Å². The Morgan fingerprint density at radius 3 is 2.55 bits per heavy atom. The Hall–Kier alpha value is -2.21. The second-order valence-corrected chi connectivity index (χ2v) is 8.30. The maximum absolute atomic E-state index is 12.1. The Bertz CT molecular complexity index is 1020. The van der Waals surface area contributed by atoms with E-state index in [0.717, 1.165) is 68.6 Å². The summed E-state index contributed by atoms with van der Waals surface area (Å²) in [6.45, 7) is 2.75. The predicted octanol–water partition coefficient (Wildman–Crippen LogP) is 3.88. The molecule has 0 amide bonds. The molecule has 0 aliphatic carbocycles. The molecule has 0 spiro atoms. The van der Waals surface area contributed by atoms with Crippen LogP contribution in [0.4, 0.5) is 0 Å². The van der Waals surface area contributed by atoms with E-state index in [4.69, 9.17) is 11.6 Å².